The number of H-pyrrole nitrogens is 1. The quantitative estimate of drug-likeness (QED) is 0.652. The van der Waals surface area contributed by atoms with Crippen LogP contribution in [-0.2, 0) is 9.59 Å². The third-order valence-corrected chi connectivity index (χ3v) is 4.06. The van der Waals surface area contributed by atoms with Crippen molar-refractivity contribution < 1.29 is 19.5 Å². The average molecular weight is 374 g/mol. The van der Waals surface area contributed by atoms with Crippen molar-refractivity contribution in [2.45, 2.75) is 26.8 Å². The first-order valence-corrected chi connectivity index (χ1v) is 8.38. The summed E-state index contributed by atoms with van der Waals surface area (Å²) in [6.45, 7) is 4.69. The predicted molar refractivity (Wildman–Crippen MR) is 97.9 cm³/mol. The summed E-state index contributed by atoms with van der Waals surface area (Å²) in [6.07, 6.45) is 0. The highest BCUT2D eigenvalue weighted by molar-refractivity contribution is 5.95. The van der Waals surface area contributed by atoms with Crippen molar-refractivity contribution in [1.82, 2.24) is 20.0 Å². The Morgan fingerprint density at radius 1 is 1.26 bits per heavy atom. The van der Waals surface area contributed by atoms with E-state index < -0.39 is 23.5 Å². The molecule has 1 aromatic heterocycles. The number of hydrogen-bond acceptors (Lipinski definition) is 4. The normalized spacial score (nSPS) is 11.7. The van der Waals surface area contributed by atoms with Crippen LogP contribution in [0.15, 0.2) is 35.1 Å². The van der Waals surface area contributed by atoms with E-state index in [2.05, 4.69) is 10.4 Å². The standard InChI is InChI=1S/C18H22N4O5/c1-11-4-6-14(7-5-11)22-16(24)10-15(20-22)17(25)21(12(2)18(26)27)9-8-19-13(3)23/h4-7,10,12,20H,8-9H2,1-3H3,(H,19,23)(H,26,27). The number of carboxylic acid groups (broad SMARTS) is 1. The van der Waals surface area contributed by atoms with Gasteiger partial charge >= 0.3 is 5.97 Å². The lowest BCUT2D eigenvalue weighted by atomic mass is 10.2. The van der Waals surface area contributed by atoms with Gasteiger partial charge in [-0.25, -0.2) is 9.48 Å². The van der Waals surface area contributed by atoms with Gasteiger partial charge in [0, 0.05) is 26.1 Å². The minimum absolute atomic E-state index is 0.0103. The Hall–Kier alpha value is -3.36. The first kappa shape index (κ1) is 20.0. The number of aromatic nitrogens is 2. The number of aliphatic carboxylic acids is 1. The van der Waals surface area contributed by atoms with Gasteiger partial charge in [0.1, 0.15) is 11.7 Å². The number of amides is 2. The molecule has 0 aliphatic carbocycles. The van der Waals surface area contributed by atoms with E-state index >= 15 is 0 Å². The van der Waals surface area contributed by atoms with Crippen molar-refractivity contribution in [1.29, 1.82) is 0 Å². The van der Waals surface area contributed by atoms with Gasteiger partial charge in [-0.2, -0.15) is 0 Å². The minimum atomic E-state index is -1.19. The molecule has 2 aromatic rings. The number of carboxylic acids is 1. The van der Waals surface area contributed by atoms with E-state index in [0.717, 1.165) is 16.5 Å². The number of benzene rings is 1. The Labute approximate surface area is 155 Å². The summed E-state index contributed by atoms with van der Waals surface area (Å²) in [6, 6.07) is 7.12. The van der Waals surface area contributed by atoms with Gasteiger partial charge in [0.05, 0.1) is 5.69 Å². The van der Waals surface area contributed by atoms with E-state index in [4.69, 9.17) is 0 Å². The predicted octanol–water partition coefficient (Wildman–Crippen LogP) is 0.525. The third kappa shape index (κ3) is 4.84. The molecule has 0 saturated heterocycles. The molecule has 2 amide bonds. The topological polar surface area (TPSA) is 124 Å². The molecule has 0 aliphatic rings. The van der Waals surface area contributed by atoms with Crippen LogP contribution < -0.4 is 10.9 Å². The van der Waals surface area contributed by atoms with E-state index in [0.29, 0.717) is 5.69 Å². The first-order chi connectivity index (χ1) is 12.7. The Balaban J connectivity index is 2.30. The van der Waals surface area contributed by atoms with Gasteiger partial charge in [-0.15, -0.1) is 0 Å². The van der Waals surface area contributed by atoms with Gasteiger partial charge in [0.2, 0.25) is 5.91 Å². The molecule has 0 saturated carbocycles. The van der Waals surface area contributed by atoms with Crippen LogP contribution in [0.5, 0.6) is 0 Å². The number of nitrogens with zero attached hydrogens (tertiary/aromatic N) is 2. The molecule has 1 atom stereocenters. The highest BCUT2D eigenvalue weighted by Crippen LogP contribution is 2.09. The fraction of sp³-hybridized carbons (Fsp3) is 0.333. The molecule has 3 N–H and O–H groups in total. The number of aryl methyl sites for hydroxylation is 1. The van der Waals surface area contributed by atoms with Crippen LogP contribution in [0.25, 0.3) is 5.69 Å². The molecule has 0 spiro atoms. The second kappa shape index (κ2) is 8.35. The fourth-order valence-electron chi connectivity index (χ4n) is 2.50. The lowest BCUT2D eigenvalue weighted by Gasteiger charge is -2.26. The molecule has 9 nitrogen and oxygen atoms in total. The molecule has 0 aliphatic heterocycles. The number of nitrogens with one attached hydrogen (secondary N) is 2. The fourth-order valence-corrected chi connectivity index (χ4v) is 2.50. The van der Waals surface area contributed by atoms with Gasteiger partial charge in [0.25, 0.3) is 11.5 Å². The highest BCUT2D eigenvalue weighted by Gasteiger charge is 2.27. The summed E-state index contributed by atoms with van der Waals surface area (Å²) in [4.78, 5) is 48.5. The molecule has 0 bridgehead atoms. The van der Waals surface area contributed by atoms with E-state index in [-0.39, 0.29) is 24.7 Å². The summed E-state index contributed by atoms with van der Waals surface area (Å²) in [5.41, 5.74) is 1.11. The zero-order valence-electron chi connectivity index (χ0n) is 15.4. The zero-order valence-corrected chi connectivity index (χ0v) is 15.4. The van der Waals surface area contributed by atoms with Gasteiger partial charge in [0.15, 0.2) is 0 Å². The molecule has 144 valence electrons. The van der Waals surface area contributed by atoms with E-state index in [9.17, 15) is 24.3 Å². The average Bonchev–Trinajstić information content (AvgIpc) is 3.00. The summed E-state index contributed by atoms with van der Waals surface area (Å²) in [5, 5.41) is 14.5. The molecular formula is C18H22N4O5. The molecule has 1 heterocycles. The van der Waals surface area contributed by atoms with Crippen LogP contribution in [0, 0.1) is 6.92 Å². The molecule has 27 heavy (non-hydrogen) atoms. The smallest absolute Gasteiger partial charge is 0.326 e. The SMILES string of the molecule is CC(=O)NCCN(C(=O)c1cc(=O)n(-c2ccc(C)cc2)[nH]1)C(C)C(=O)O. The number of hydrogen-bond donors (Lipinski definition) is 3. The number of carbonyl (C=O) groups is 3. The summed E-state index contributed by atoms with van der Waals surface area (Å²) >= 11 is 0. The van der Waals surface area contributed by atoms with Crippen molar-refractivity contribution in [2.75, 3.05) is 13.1 Å². The molecular weight excluding hydrogens is 352 g/mol. The molecule has 9 heteroatoms. The van der Waals surface area contributed by atoms with Crippen LogP contribution in [0.2, 0.25) is 0 Å². The summed E-state index contributed by atoms with van der Waals surface area (Å²) in [7, 11) is 0. The van der Waals surface area contributed by atoms with Crippen molar-refractivity contribution >= 4 is 17.8 Å². The maximum atomic E-state index is 12.8. The van der Waals surface area contributed by atoms with Crippen molar-refractivity contribution in [3.63, 3.8) is 0 Å². The lowest BCUT2D eigenvalue weighted by Crippen LogP contribution is -2.46. The highest BCUT2D eigenvalue weighted by atomic mass is 16.4. The maximum absolute atomic E-state index is 12.8. The Morgan fingerprint density at radius 2 is 1.89 bits per heavy atom. The van der Waals surface area contributed by atoms with Crippen LogP contribution in [0.3, 0.4) is 0 Å². The first-order valence-electron chi connectivity index (χ1n) is 8.38. The van der Waals surface area contributed by atoms with Crippen molar-refractivity contribution in [3.05, 3.63) is 51.9 Å². The molecule has 0 fully saturated rings. The van der Waals surface area contributed by atoms with Crippen molar-refractivity contribution in [3.8, 4) is 5.69 Å². The minimum Gasteiger partial charge on any atom is -0.480 e. The lowest BCUT2D eigenvalue weighted by molar-refractivity contribution is -0.141. The molecule has 1 unspecified atom stereocenters. The monoisotopic (exact) mass is 374 g/mol. The van der Waals surface area contributed by atoms with Gasteiger partial charge in [-0.05, 0) is 26.0 Å². The van der Waals surface area contributed by atoms with Gasteiger partial charge in [-0.3, -0.25) is 19.5 Å². The van der Waals surface area contributed by atoms with E-state index in [1.165, 1.54) is 18.5 Å². The second-order valence-electron chi connectivity index (χ2n) is 6.17. The summed E-state index contributed by atoms with van der Waals surface area (Å²) in [5.74, 6) is -2.12. The Bertz CT molecular complexity index is 897. The third-order valence-electron chi connectivity index (χ3n) is 4.06. The molecule has 1 aromatic carbocycles. The molecule has 0 radical (unpaired) electrons. The van der Waals surface area contributed by atoms with Gasteiger partial charge in [-0.1, -0.05) is 17.7 Å². The number of aromatic amines is 1. The van der Waals surface area contributed by atoms with E-state index in [1.807, 2.05) is 19.1 Å². The van der Waals surface area contributed by atoms with E-state index in [1.54, 1.807) is 12.1 Å². The molecule has 2 rings (SSSR count). The summed E-state index contributed by atoms with van der Waals surface area (Å²) < 4.78 is 1.21. The van der Waals surface area contributed by atoms with Crippen LogP contribution >= 0.6 is 0 Å². The largest absolute Gasteiger partial charge is 0.480 e. The van der Waals surface area contributed by atoms with Crippen molar-refractivity contribution in [2.24, 2.45) is 0 Å². The number of rotatable bonds is 7. The van der Waals surface area contributed by atoms with Gasteiger partial charge < -0.3 is 15.3 Å². The van der Waals surface area contributed by atoms with Crippen LogP contribution in [0.1, 0.15) is 29.9 Å². The second-order valence-corrected chi connectivity index (χ2v) is 6.17. The van der Waals surface area contributed by atoms with Crippen LogP contribution in [0.4, 0.5) is 0 Å². The van der Waals surface area contributed by atoms with Crippen LogP contribution in [-0.4, -0.2) is 56.7 Å². The number of carbonyl (C=O) groups excluding carboxylic acids is 2. The zero-order chi connectivity index (χ0) is 20.1. The Kier molecular flexibility index (Phi) is 6.17. The Morgan fingerprint density at radius 3 is 2.44 bits per heavy atom. The maximum Gasteiger partial charge on any atom is 0.326 e.